The summed E-state index contributed by atoms with van der Waals surface area (Å²) in [5.74, 6) is 1.39. The molecule has 1 aliphatic heterocycles. The van der Waals surface area contributed by atoms with Crippen molar-refractivity contribution in [1.29, 1.82) is 0 Å². The molecule has 0 spiro atoms. The molecule has 2 heteroatoms. The SMILES string of the molecule is C[C@]12CNC[C@H]1C2CO. The third kappa shape index (κ3) is 0.528. The Morgan fingerprint density at radius 2 is 2.56 bits per heavy atom. The number of rotatable bonds is 1. The van der Waals surface area contributed by atoms with Crippen LogP contribution in [0.15, 0.2) is 0 Å². The zero-order valence-corrected chi connectivity index (χ0v) is 5.72. The lowest BCUT2D eigenvalue weighted by molar-refractivity contribution is 0.245. The van der Waals surface area contributed by atoms with E-state index in [4.69, 9.17) is 5.11 Å². The largest absolute Gasteiger partial charge is 0.396 e. The van der Waals surface area contributed by atoms with E-state index in [0.717, 1.165) is 19.0 Å². The number of aliphatic hydroxyl groups excluding tert-OH is 1. The molecular weight excluding hydrogens is 114 g/mol. The molecule has 0 amide bonds. The number of hydrogen-bond donors (Lipinski definition) is 2. The minimum Gasteiger partial charge on any atom is -0.396 e. The van der Waals surface area contributed by atoms with Crippen molar-refractivity contribution in [1.82, 2.24) is 5.32 Å². The lowest BCUT2D eigenvalue weighted by Crippen LogP contribution is -2.19. The Hall–Kier alpha value is -0.0800. The van der Waals surface area contributed by atoms with Crippen molar-refractivity contribution in [3.8, 4) is 0 Å². The maximum absolute atomic E-state index is 8.85. The molecular formula is C7H13NO. The van der Waals surface area contributed by atoms with E-state index < -0.39 is 0 Å². The van der Waals surface area contributed by atoms with E-state index in [-0.39, 0.29) is 0 Å². The van der Waals surface area contributed by atoms with Crippen LogP contribution in [0.5, 0.6) is 0 Å². The molecule has 1 heterocycles. The Balaban J connectivity index is 2.08. The van der Waals surface area contributed by atoms with Crippen molar-refractivity contribution >= 4 is 0 Å². The highest BCUT2D eigenvalue weighted by molar-refractivity contribution is 5.13. The molecule has 2 N–H and O–H groups in total. The Kier molecular flexibility index (Phi) is 0.945. The van der Waals surface area contributed by atoms with Gasteiger partial charge in [-0.15, -0.1) is 0 Å². The van der Waals surface area contributed by atoms with Crippen LogP contribution in [0.25, 0.3) is 0 Å². The second kappa shape index (κ2) is 1.50. The van der Waals surface area contributed by atoms with E-state index in [1.54, 1.807) is 0 Å². The van der Waals surface area contributed by atoms with Crippen molar-refractivity contribution in [2.75, 3.05) is 19.7 Å². The van der Waals surface area contributed by atoms with Crippen LogP contribution in [0.3, 0.4) is 0 Å². The minimum absolute atomic E-state index is 0.392. The summed E-state index contributed by atoms with van der Waals surface area (Å²) in [6.45, 7) is 4.89. The van der Waals surface area contributed by atoms with Gasteiger partial charge in [-0.3, -0.25) is 0 Å². The van der Waals surface area contributed by atoms with Crippen LogP contribution in [0.1, 0.15) is 6.92 Å². The highest BCUT2D eigenvalue weighted by atomic mass is 16.3. The van der Waals surface area contributed by atoms with Gasteiger partial charge in [0.15, 0.2) is 0 Å². The van der Waals surface area contributed by atoms with Crippen molar-refractivity contribution in [3.05, 3.63) is 0 Å². The predicted molar refractivity (Wildman–Crippen MR) is 35.0 cm³/mol. The number of hydrogen-bond acceptors (Lipinski definition) is 2. The average molecular weight is 127 g/mol. The molecule has 1 saturated carbocycles. The van der Waals surface area contributed by atoms with Crippen molar-refractivity contribution in [3.63, 3.8) is 0 Å². The van der Waals surface area contributed by atoms with Gasteiger partial charge in [-0.05, 0) is 23.8 Å². The second-order valence-corrected chi connectivity index (χ2v) is 3.53. The van der Waals surface area contributed by atoms with Crippen LogP contribution in [0.2, 0.25) is 0 Å². The van der Waals surface area contributed by atoms with E-state index in [1.807, 2.05) is 0 Å². The molecule has 0 aromatic rings. The monoisotopic (exact) mass is 127 g/mol. The maximum Gasteiger partial charge on any atom is 0.0468 e. The number of aliphatic hydroxyl groups is 1. The second-order valence-electron chi connectivity index (χ2n) is 3.53. The van der Waals surface area contributed by atoms with Crippen molar-refractivity contribution in [2.24, 2.45) is 17.3 Å². The molecule has 1 unspecified atom stereocenters. The predicted octanol–water partition coefficient (Wildman–Crippen LogP) is -0.166. The number of piperidine rings is 1. The Bertz CT molecular complexity index is 131. The summed E-state index contributed by atoms with van der Waals surface area (Å²) in [7, 11) is 0. The zero-order valence-electron chi connectivity index (χ0n) is 5.72. The Labute approximate surface area is 55.3 Å². The number of nitrogens with one attached hydrogen (secondary N) is 1. The van der Waals surface area contributed by atoms with Crippen LogP contribution in [0.4, 0.5) is 0 Å². The van der Waals surface area contributed by atoms with E-state index in [1.165, 1.54) is 0 Å². The van der Waals surface area contributed by atoms with E-state index in [9.17, 15) is 0 Å². The molecule has 0 aromatic heterocycles. The highest BCUT2D eigenvalue weighted by Gasteiger charge is 2.62. The quantitative estimate of drug-likeness (QED) is 0.513. The highest BCUT2D eigenvalue weighted by Crippen LogP contribution is 2.59. The standard InChI is InChI=1S/C7H13NO/c1-7-4-8-2-5(7)6(7)3-9/h5-6,8-9H,2-4H2,1H3/t5-,6?,7-/m0/s1. The third-order valence-corrected chi connectivity index (χ3v) is 3.14. The summed E-state index contributed by atoms with van der Waals surface area (Å²) in [6, 6.07) is 0. The first-order chi connectivity index (χ1) is 4.29. The van der Waals surface area contributed by atoms with Crippen molar-refractivity contribution in [2.45, 2.75) is 6.92 Å². The minimum atomic E-state index is 0.392. The van der Waals surface area contributed by atoms with Gasteiger partial charge < -0.3 is 10.4 Å². The number of fused-ring (bicyclic) bond motifs is 1. The summed E-state index contributed by atoms with van der Waals surface area (Å²) < 4.78 is 0. The topological polar surface area (TPSA) is 32.3 Å². The lowest BCUT2D eigenvalue weighted by Gasteiger charge is -2.05. The van der Waals surface area contributed by atoms with E-state index in [2.05, 4.69) is 12.2 Å². The fourth-order valence-electron chi connectivity index (χ4n) is 2.23. The van der Waals surface area contributed by atoms with Crippen LogP contribution in [0, 0.1) is 17.3 Å². The van der Waals surface area contributed by atoms with Gasteiger partial charge in [0.25, 0.3) is 0 Å². The first kappa shape index (κ1) is 5.69. The molecule has 0 radical (unpaired) electrons. The third-order valence-electron chi connectivity index (χ3n) is 3.14. The summed E-state index contributed by atoms with van der Waals surface area (Å²) in [4.78, 5) is 0. The molecule has 1 aliphatic carbocycles. The molecule has 2 fully saturated rings. The zero-order chi connectivity index (χ0) is 6.48. The molecule has 1 saturated heterocycles. The van der Waals surface area contributed by atoms with E-state index in [0.29, 0.717) is 17.9 Å². The van der Waals surface area contributed by atoms with Gasteiger partial charge in [-0.1, -0.05) is 6.92 Å². The normalized spacial score (nSPS) is 55.3. The van der Waals surface area contributed by atoms with Crippen molar-refractivity contribution < 1.29 is 5.11 Å². The van der Waals surface area contributed by atoms with Gasteiger partial charge in [0.1, 0.15) is 0 Å². The molecule has 9 heavy (non-hydrogen) atoms. The van der Waals surface area contributed by atoms with Crippen LogP contribution in [-0.4, -0.2) is 24.8 Å². The molecule has 2 nitrogen and oxygen atoms in total. The lowest BCUT2D eigenvalue weighted by atomic mass is 10.1. The van der Waals surface area contributed by atoms with Gasteiger partial charge in [0.2, 0.25) is 0 Å². The van der Waals surface area contributed by atoms with Gasteiger partial charge in [0, 0.05) is 13.2 Å². The summed E-state index contributed by atoms with van der Waals surface area (Å²) in [6.07, 6.45) is 0. The van der Waals surface area contributed by atoms with Gasteiger partial charge in [0.05, 0.1) is 0 Å². The molecule has 0 aromatic carbocycles. The first-order valence-corrected chi connectivity index (χ1v) is 3.60. The first-order valence-electron chi connectivity index (χ1n) is 3.60. The molecule has 2 rings (SSSR count). The smallest absolute Gasteiger partial charge is 0.0468 e. The Morgan fingerprint density at radius 3 is 2.89 bits per heavy atom. The van der Waals surface area contributed by atoms with E-state index >= 15 is 0 Å². The van der Waals surface area contributed by atoms with Crippen LogP contribution < -0.4 is 5.32 Å². The van der Waals surface area contributed by atoms with Crippen LogP contribution >= 0.6 is 0 Å². The fourth-order valence-corrected chi connectivity index (χ4v) is 2.23. The molecule has 3 atom stereocenters. The molecule has 0 bridgehead atoms. The van der Waals surface area contributed by atoms with Gasteiger partial charge in [-0.25, -0.2) is 0 Å². The average Bonchev–Trinajstić information content (AvgIpc) is 2.16. The summed E-state index contributed by atoms with van der Waals surface area (Å²) >= 11 is 0. The van der Waals surface area contributed by atoms with Gasteiger partial charge >= 0.3 is 0 Å². The maximum atomic E-state index is 8.85. The fraction of sp³-hybridized carbons (Fsp3) is 1.00. The molecule has 52 valence electrons. The Morgan fingerprint density at radius 1 is 1.78 bits per heavy atom. The summed E-state index contributed by atoms with van der Waals surface area (Å²) in [5.41, 5.74) is 0.467. The van der Waals surface area contributed by atoms with Crippen LogP contribution in [-0.2, 0) is 0 Å². The van der Waals surface area contributed by atoms with Gasteiger partial charge in [-0.2, -0.15) is 0 Å². The summed E-state index contributed by atoms with van der Waals surface area (Å²) in [5, 5.41) is 12.2. The molecule has 2 aliphatic rings.